The Balaban J connectivity index is 2.38. The van der Waals surface area contributed by atoms with Crippen molar-refractivity contribution in [3.63, 3.8) is 0 Å². The van der Waals surface area contributed by atoms with Crippen LogP contribution in [-0.4, -0.2) is 10.0 Å². The van der Waals surface area contributed by atoms with Crippen LogP contribution in [-0.2, 0) is 0 Å². The van der Waals surface area contributed by atoms with Gasteiger partial charge in [0, 0.05) is 9.64 Å². The fraction of sp³-hybridized carbons (Fsp3) is 0.143. The molecule has 20 heavy (non-hydrogen) atoms. The third-order valence-corrected chi connectivity index (χ3v) is 3.36. The predicted molar refractivity (Wildman–Crippen MR) is 83.0 cm³/mol. The Morgan fingerprint density at radius 1 is 1.30 bits per heavy atom. The number of hydrogen-bond donors (Lipinski definition) is 1. The predicted octanol–water partition coefficient (Wildman–Crippen LogP) is 4.05. The summed E-state index contributed by atoms with van der Waals surface area (Å²) in [5.74, 6) is 0.686. The van der Waals surface area contributed by atoms with Gasteiger partial charge in [-0.15, -0.1) is 0 Å². The lowest BCUT2D eigenvalue weighted by molar-refractivity contribution is -0.385. The quantitative estimate of drug-likeness (QED) is 0.490. The average molecular weight is 385 g/mol. The van der Waals surface area contributed by atoms with Crippen molar-refractivity contribution in [2.75, 3.05) is 0 Å². The minimum absolute atomic E-state index is 0.154. The lowest BCUT2D eigenvalue weighted by Crippen LogP contribution is -1.97. The lowest BCUT2D eigenvalue weighted by Gasteiger charge is -2.09. The Morgan fingerprint density at radius 3 is 2.65 bits per heavy atom. The van der Waals surface area contributed by atoms with Crippen molar-refractivity contribution in [1.82, 2.24) is 0 Å². The second kappa shape index (κ2) is 6.19. The second-order valence-corrected chi connectivity index (χ2v) is 5.47. The monoisotopic (exact) mass is 385 g/mol. The number of ether oxygens (including phenoxy) is 1. The third kappa shape index (κ3) is 3.45. The molecule has 1 N–H and O–H groups in total. The summed E-state index contributed by atoms with van der Waals surface area (Å²) in [6.45, 7) is 1.55. The molecule has 0 heterocycles. The fourth-order valence-corrected chi connectivity index (χ4v) is 2.20. The molecule has 0 aliphatic rings. The zero-order valence-electron chi connectivity index (χ0n) is 10.6. The van der Waals surface area contributed by atoms with Crippen molar-refractivity contribution in [2.24, 2.45) is 0 Å². The molecule has 0 saturated heterocycles. The molecule has 2 aromatic carbocycles. The van der Waals surface area contributed by atoms with Gasteiger partial charge in [-0.3, -0.25) is 10.1 Å². The Morgan fingerprint density at radius 2 is 2.05 bits per heavy atom. The number of nitro groups is 1. The van der Waals surface area contributed by atoms with Gasteiger partial charge in [-0.2, -0.15) is 0 Å². The van der Waals surface area contributed by atoms with Crippen LogP contribution in [0.5, 0.6) is 11.5 Å². The summed E-state index contributed by atoms with van der Waals surface area (Å²) in [6.07, 6.45) is -0.763. The molecular formula is C14H12INO4. The van der Waals surface area contributed by atoms with Gasteiger partial charge in [-0.25, -0.2) is 0 Å². The summed E-state index contributed by atoms with van der Waals surface area (Å²) < 4.78 is 6.53. The van der Waals surface area contributed by atoms with Crippen molar-refractivity contribution < 1.29 is 14.8 Å². The molecule has 0 aromatic heterocycles. The van der Waals surface area contributed by atoms with Gasteiger partial charge in [0.2, 0.25) is 5.75 Å². The second-order valence-electron chi connectivity index (χ2n) is 4.22. The number of aliphatic hydroxyl groups is 1. The Labute approximate surface area is 129 Å². The van der Waals surface area contributed by atoms with Crippen molar-refractivity contribution >= 4 is 28.3 Å². The maximum absolute atomic E-state index is 11.1. The number of hydrogen-bond acceptors (Lipinski definition) is 4. The normalized spacial score (nSPS) is 11.9. The zero-order valence-corrected chi connectivity index (χ0v) is 12.8. The highest BCUT2D eigenvalue weighted by Crippen LogP contribution is 2.33. The SMILES string of the molecule is CC(O)c1ccc(Oc2cccc(I)c2)c([N+](=O)[O-])c1. The van der Waals surface area contributed by atoms with Crippen LogP contribution in [0, 0.1) is 13.7 Å². The van der Waals surface area contributed by atoms with Crippen molar-refractivity contribution in [3.05, 3.63) is 61.7 Å². The number of aliphatic hydroxyl groups excluding tert-OH is 1. The van der Waals surface area contributed by atoms with E-state index >= 15 is 0 Å². The molecule has 0 amide bonds. The first-order valence-corrected chi connectivity index (χ1v) is 6.95. The van der Waals surface area contributed by atoms with Crippen LogP contribution in [0.1, 0.15) is 18.6 Å². The van der Waals surface area contributed by atoms with Crippen LogP contribution in [0.4, 0.5) is 5.69 Å². The molecule has 104 valence electrons. The first-order chi connectivity index (χ1) is 9.47. The van der Waals surface area contributed by atoms with E-state index < -0.39 is 11.0 Å². The smallest absolute Gasteiger partial charge is 0.311 e. The molecule has 2 aromatic rings. The first kappa shape index (κ1) is 14.7. The Hall–Kier alpha value is -1.67. The Bertz CT molecular complexity index is 643. The summed E-state index contributed by atoms with van der Waals surface area (Å²) in [5, 5.41) is 20.6. The van der Waals surface area contributed by atoms with Crippen LogP contribution < -0.4 is 4.74 Å². The van der Waals surface area contributed by atoms with E-state index in [1.54, 1.807) is 25.1 Å². The van der Waals surface area contributed by atoms with Crippen molar-refractivity contribution in [3.8, 4) is 11.5 Å². The maximum Gasteiger partial charge on any atom is 0.311 e. The molecule has 0 aliphatic carbocycles. The molecular weight excluding hydrogens is 373 g/mol. The Kier molecular flexibility index (Phi) is 4.56. The van der Waals surface area contributed by atoms with Crippen molar-refractivity contribution in [2.45, 2.75) is 13.0 Å². The van der Waals surface area contributed by atoms with Crippen LogP contribution in [0.2, 0.25) is 0 Å². The van der Waals surface area contributed by atoms with E-state index in [4.69, 9.17) is 4.74 Å². The summed E-state index contributed by atoms with van der Waals surface area (Å²) >= 11 is 2.14. The van der Waals surface area contributed by atoms with Crippen LogP contribution in [0.3, 0.4) is 0 Å². The number of halogens is 1. The van der Waals surface area contributed by atoms with E-state index in [-0.39, 0.29) is 11.4 Å². The van der Waals surface area contributed by atoms with E-state index in [0.29, 0.717) is 11.3 Å². The van der Waals surface area contributed by atoms with Gasteiger partial charge in [0.05, 0.1) is 11.0 Å². The molecule has 0 spiro atoms. The van der Waals surface area contributed by atoms with Gasteiger partial charge in [0.15, 0.2) is 0 Å². The highest BCUT2D eigenvalue weighted by molar-refractivity contribution is 14.1. The molecule has 0 aliphatic heterocycles. The summed E-state index contributed by atoms with van der Waals surface area (Å²) in [6, 6.07) is 11.7. The number of nitrogens with zero attached hydrogens (tertiary/aromatic N) is 1. The molecule has 2 rings (SSSR count). The van der Waals surface area contributed by atoms with E-state index in [0.717, 1.165) is 3.57 Å². The van der Waals surface area contributed by atoms with Crippen molar-refractivity contribution in [1.29, 1.82) is 0 Å². The molecule has 5 nitrogen and oxygen atoms in total. The molecule has 1 atom stereocenters. The minimum Gasteiger partial charge on any atom is -0.450 e. The standard InChI is InChI=1S/C14H12INO4/c1-9(17)10-5-6-14(13(7-10)16(18)19)20-12-4-2-3-11(15)8-12/h2-9,17H,1H3. The van der Waals surface area contributed by atoms with Gasteiger partial charge in [0.1, 0.15) is 5.75 Å². The fourth-order valence-electron chi connectivity index (χ4n) is 1.68. The van der Waals surface area contributed by atoms with E-state index in [1.807, 2.05) is 12.1 Å². The molecule has 0 fully saturated rings. The third-order valence-electron chi connectivity index (χ3n) is 2.69. The molecule has 1 unspecified atom stereocenters. The van der Waals surface area contributed by atoms with Gasteiger partial charge < -0.3 is 9.84 Å². The van der Waals surface area contributed by atoms with Crippen LogP contribution >= 0.6 is 22.6 Å². The summed E-state index contributed by atoms with van der Waals surface area (Å²) in [7, 11) is 0. The van der Waals surface area contributed by atoms with Crippen LogP contribution in [0.25, 0.3) is 0 Å². The highest BCUT2D eigenvalue weighted by Gasteiger charge is 2.18. The molecule has 6 heteroatoms. The zero-order chi connectivity index (χ0) is 14.7. The number of benzene rings is 2. The average Bonchev–Trinajstić information content (AvgIpc) is 2.38. The number of nitro benzene ring substituents is 1. The summed E-state index contributed by atoms with van der Waals surface area (Å²) in [4.78, 5) is 10.6. The molecule has 0 radical (unpaired) electrons. The van der Waals surface area contributed by atoms with E-state index in [9.17, 15) is 15.2 Å². The van der Waals surface area contributed by atoms with Crippen LogP contribution in [0.15, 0.2) is 42.5 Å². The molecule has 0 saturated carbocycles. The van der Waals surface area contributed by atoms with Gasteiger partial charge in [-0.05, 0) is 59.3 Å². The van der Waals surface area contributed by atoms with Gasteiger partial charge >= 0.3 is 5.69 Å². The first-order valence-electron chi connectivity index (χ1n) is 5.87. The van der Waals surface area contributed by atoms with E-state index in [1.165, 1.54) is 12.1 Å². The van der Waals surface area contributed by atoms with E-state index in [2.05, 4.69) is 22.6 Å². The highest BCUT2D eigenvalue weighted by atomic mass is 127. The topological polar surface area (TPSA) is 72.6 Å². The largest absolute Gasteiger partial charge is 0.450 e. The maximum atomic E-state index is 11.1. The van der Waals surface area contributed by atoms with Gasteiger partial charge in [-0.1, -0.05) is 12.1 Å². The lowest BCUT2D eigenvalue weighted by atomic mass is 10.1. The van der Waals surface area contributed by atoms with Gasteiger partial charge in [0.25, 0.3) is 0 Å². The molecule has 0 bridgehead atoms. The minimum atomic E-state index is -0.763. The summed E-state index contributed by atoms with van der Waals surface area (Å²) in [5.41, 5.74) is 0.314. The number of rotatable bonds is 4.